The van der Waals surface area contributed by atoms with Gasteiger partial charge in [-0.2, -0.15) is 5.26 Å². The summed E-state index contributed by atoms with van der Waals surface area (Å²) in [5.41, 5.74) is 0.340. The molecule has 5 nitrogen and oxygen atoms in total. The Bertz CT molecular complexity index is 600. The molecule has 2 aromatic rings. The fraction of sp³-hybridized carbons (Fsp3) is 0.400. The Morgan fingerprint density at radius 3 is 3.00 bits per heavy atom. The Morgan fingerprint density at radius 1 is 1.43 bits per heavy atom. The molecule has 0 saturated carbocycles. The maximum absolute atomic E-state index is 8.82. The van der Waals surface area contributed by atoms with Crippen LogP contribution in [0.15, 0.2) is 29.9 Å². The smallest absolute Gasteiger partial charge is 0.158 e. The molecular weight excluding hydrogens is 284 g/mol. The van der Waals surface area contributed by atoms with Gasteiger partial charge in [0, 0.05) is 18.0 Å². The molecule has 0 aromatic carbocycles. The lowest BCUT2D eigenvalue weighted by Gasteiger charge is -2.25. The van der Waals surface area contributed by atoms with Crippen molar-refractivity contribution in [2.45, 2.75) is 25.5 Å². The molecule has 1 aliphatic rings. The van der Waals surface area contributed by atoms with Gasteiger partial charge in [0.2, 0.25) is 0 Å². The van der Waals surface area contributed by atoms with Gasteiger partial charge in [0.1, 0.15) is 11.9 Å². The number of hydrogen-bond acceptors (Lipinski definition) is 6. The molecule has 3 rings (SSSR count). The molecular formula is C15H16N4OS. The Balaban J connectivity index is 1.77. The second-order valence-corrected chi connectivity index (χ2v) is 6.00. The number of thiophene rings is 1. The Morgan fingerprint density at radius 2 is 2.38 bits per heavy atom. The number of ether oxygens (including phenoxy) is 1. The van der Waals surface area contributed by atoms with E-state index in [0.717, 1.165) is 38.4 Å². The van der Waals surface area contributed by atoms with Gasteiger partial charge in [-0.3, -0.25) is 0 Å². The summed E-state index contributed by atoms with van der Waals surface area (Å²) in [6.07, 6.45) is 5.65. The summed E-state index contributed by atoms with van der Waals surface area (Å²) in [6.45, 7) is 2.44. The van der Waals surface area contributed by atoms with Crippen LogP contribution in [0.3, 0.4) is 0 Å². The van der Waals surface area contributed by atoms with E-state index in [4.69, 9.17) is 10.00 Å². The normalized spacial score (nSPS) is 17.6. The molecule has 1 saturated heterocycles. The summed E-state index contributed by atoms with van der Waals surface area (Å²) in [5.74, 6) is 0.790. The van der Waals surface area contributed by atoms with Crippen LogP contribution in [0.5, 0.6) is 0 Å². The van der Waals surface area contributed by atoms with E-state index in [9.17, 15) is 0 Å². The first-order chi connectivity index (χ1) is 10.3. The predicted molar refractivity (Wildman–Crippen MR) is 81.1 cm³/mol. The van der Waals surface area contributed by atoms with E-state index < -0.39 is 0 Å². The first-order valence-corrected chi connectivity index (χ1v) is 7.84. The standard InChI is InChI=1S/C15H16N4OS/c16-7-12-8-18-15(9-17-12)19(10-13-3-1-5-20-13)11-14-4-2-6-21-14/h2,4,6,8-9,13H,1,3,5,10-11H2. The van der Waals surface area contributed by atoms with Crippen LogP contribution in [0, 0.1) is 11.3 Å². The van der Waals surface area contributed by atoms with Gasteiger partial charge in [-0.05, 0) is 24.3 Å². The molecule has 2 aromatic heterocycles. The van der Waals surface area contributed by atoms with Crippen LogP contribution in [-0.4, -0.2) is 29.2 Å². The summed E-state index contributed by atoms with van der Waals surface area (Å²) < 4.78 is 5.73. The summed E-state index contributed by atoms with van der Waals surface area (Å²) in [4.78, 5) is 11.9. The van der Waals surface area contributed by atoms with Gasteiger partial charge in [0.25, 0.3) is 0 Å². The van der Waals surface area contributed by atoms with E-state index >= 15 is 0 Å². The molecule has 1 fully saturated rings. The third-order valence-corrected chi connectivity index (χ3v) is 4.31. The lowest BCUT2D eigenvalue weighted by atomic mass is 10.2. The zero-order valence-electron chi connectivity index (χ0n) is 11.6. The van der Waals surface area contributed by atoms with E-state index in [0.29, 0.717) is 5.69 Å². The highest BCUT2D eigenvalue weighted by molar-refractivity contribution is 7.09. The quantitative estimate of drug-likeness (QED) is 0.849. The van der Waals surface area contributed by atoms with Gasteiger partial charge in [-0.25, -0.2) is 9.97 Å². The summed E-state index contributed by atoms with van der Waals surface area (Å²) in [6, 6.07) is 6.16. The van der Waals surface area contributed by atoms with Crippen LogP contribution in [-0.2, 0) is 11.3 Å². The fourth-order valence-electron chi connectivity index (χ4n) is 2.41. The van der Waals surface area contributed by atoms with Crippen molar-refractivity contribution in [3.8, 4) is 6.07 Å². The number of nitriles is 1. The van der Waals surface area contributed by atoms with Crippen LogP contribution >= 0.6 is 11.3 Å². The number of hydrogen-bond donors (Lipinski definition) is 0. The molecule has 21 heavy (non-hydrogen) atoms. The molecule has 0 N–H and O–H groups in total. The molecule has 0 amide bonds. The molecule has 0 spiro atoms. The van der Waals surface area contributed by atoms with Crippen molar-refractivity contribution in [2.75, 3.05) is 18.1 Å². The molecule has 3 heterocycles. The monoisotopic (exact) mass is 300 g/mol. The Kier molecular flexibility index (Phi) is 4.43. The minimum Gasteiger partial charge on any atom is -0.376 e. The average molecular weight is 300 g/mol. The average Bonchev–Trinajstić information content (AvgIpc) is 3.20. The van der Waals surface area contributed by atoms with Gasteiger partial charge in [-0.1, -0.05) is 6.07 Å². The number of nitrogens with zero attached hydrogens (tertiary/aromatic N) is 4. The van der Waals surface area contributed by atoms with Crippen molar-refractivity contribution >= 4 is 17.2 Å². The molecule has 1 atom stereocenters. The van der Waals surface area contributed by atoms with E-state index in [1.165, 1.54) is 11.1 Å². The van der Waals surface area contributed by atoms with Crippen LogP contribution in [0.1, 0.15) is 23.4 Å². The molecule has 108 valence electrons. The Labute approximate surface area is 127 Å². The van der Waals surface area contributed by atoms with E-state index in [2.05, 4.69) is 32.4 Å². The third kappa shape index (κ3) is 3.57. The number of rotatable bonds is 5. The summed E-state index contributed by atoms with van der Waals surface area (Å²) in [7, 11) is 0. The largest absolute Gasteiger partial charge is 0.376 e. The van der Waals surface area contributed by atoms with Crippen molar-refractivity contribution in [1.82, 2.24) is 9.97 Å². The molecule has 6 heteroatoms. The highest BCUT2D eigenvalue weighted by Crippen LogP contribution is 2.21. The van der Waals surface area contributed by atoms with Crippen molar-refractivity contribution in [3.63, 3.8) is 0 Å². The van der Waals surface area contributed by atoms with Crippen LogP contribution < -0.4 is 4.90 Å². The lowest BCUT2D eigenvalue weighted by Crippen LogP contribution is -2.32. The second kappa shape index (κ2) is 6.66. The van der Waals surface area contributed by atoms with E-state index in [1.54, 1.807) is 17.5 Å². The van der Waals surface area contributed by atoms with E-state index in [1.807, 2.05) is 6.07 Å². The number of anilines is 1. The SMILES string of the molecule is N#Cc1cnc(N(Cc2cccs2)CC2CCCO2)cn1. The first-order valence-electron chi connectivity index (χ1n) is 6.96. The van der Waals surface area contributed by atoms with Crippen molar-refractivity contribution in [1.29, 1.82) is 5.26 Å². The predicted octanol–water partition coefficient (Wildman–Crippen LogP) is 2.60. The maximum Gasteiger partial charge on any atom is 0.158 e. The summed E-state index contributed by atoms with van der Waals surface area (Å²) >= 11 is 1.73. The zero-order valence-corrected chi connectivity index (χ0v) is 12.4. The van der Waals surface area contributed by atoms with Gasteiger partial charge in [0.05, 0.1) is 25.0 Å². The van der Waals surface area contributed by atoms with Crippen molar-refractivity contribution < 1.29 is 4.74 Å². The second-order valence-electron chi connectivity index (χ2n) is 4.97. The topological polar surface area (TPSA) is 62.0 Å². The lowest BCUT2D eigenvalue weighted by molar-refractivity contribution is 0.115. The number of aromatic nitrogens is 2. The zero-order chi connectivity index (χ0) is 14.5. The minimum atomic E-state index is 0.252. The van der Waals surface area contributed by atoms with E-state index in [-0.39, 0.29) is 6.10 Å². The first kappa shape index (κ1) is 14.0. The third-order valence-electron chi connectivity index (χ3n) is 3.45. The molecule has 0 radical (unpaired) electrons. The summed E-state index contributed by atoms with van der Waals surface area (Å²) in [5, 5.41) is 10.9. The maximum atomic E-state index is 8.82. The highest BCUT2D eigenvalue weighted by atomic mass is 32.1. The van der Waals surface area contributed by atoms with Crippen LogP contribution in [0.2, 0.25) is 0 Å². The molecule has 1 aliphatic heterocycles. The molecule has 1 unspecified atom stereocenters. The minimum absolute atomic E-state index is 0.252. The molecule has 0 aliphatic carbocycles. The van der Waals surface area contributed by atoms with Gasteiger partial charge in [-0.15, -0.1) is 11.3 Å². The van der Waals surface area contributed by atoms with Crippen LogP contribution in [0.25, 0.3) is 0 Å². The van der Waals surface area contributed by atoms with Gasteiger partial charge < -0.3 is 9.64 Å². The Hall–Kier alpha value is -1.97. The van der Waals surface area contributed by atoms with Crippen molar-refractivity contribution in [3.05, 3.63) is 40.5 Å². The fourth-order valence-corrected chi connectivity index (χ4v) is 3.13. The van der Waals surface area contributed by atoms with Crippen LogP contribution in [0.4, 0.5) is 5.82 Å². The van der Waals surface area contributed by atoms with Gasteiger partial charge >= 0.3 is 0 Å². The van der Waals surface area contributed by atoms with Crippen molar-refractivity contribution in [2.24, 2.45) is 0 Å². The molecule has 0 bridgehead atoms. The highest BCUT2D eigenvalue weighted by Gasteiger charge is 2.21. The van der Waals surface area contributed by atoms with Gasteiger partial charge in [0.15, 0.2) is 5.69 Å².